The molecule has 1 aliphatic carbocycles. The second-order valence-corrected chi connectivity index (χ2v) is 3.99. The maximum atomic E-state index is 5.48. The minimum atomic E-state index is 0.473. The molecule has 1 unspecified atom stereocenters. The van der Waals surface area contributed by atoms with Crippen molar-refractivity contribution in [3.05, 3.63) is 12.4 Å². The molecule has 1 saturated carbocycles. The van der Waals surface area contributed by atoms with E-state index in [1.165, 1.54) is 12.8 Å². The van der Waals surface area contributed by atoms with Crippen LogP contribution in [0.4, 0.5) is 11.6 Å². The Bertz CT molecular complexity index is 304. The monoisotopic (exact) mass is 192 g/mol. The molecule has 1 atom stereocenters. The first-order valence-corrected chi connectivity index (χ1v) is 4.99. The molecule has 0 radical (unpaired) electrons. The first-order chi connectivity index (χ1) is 6.68. The van der Waals surface area contributed by atoms with Crippen LogP contribution in [-0.4, -0.2) is 23.1 Å². The molecule has 4 heteroatoms. The maximum Gasteiger partial charge on any atom is 0.147 e. The molecule has 2 rings (SSSR count). The van der Waals surface area contributed by atoms with Gasteiger partial charge in [0.2, 0.25) is 0 Å². The van der Waals surface area contributed by atoms with Crippen molar-refractivity contribution in [2.75, 3.05) is 17.7 Å². The highest BCUT2D eigenvalue weighted by Gasteiger charge is 2.30. The second-order valence-electron chi connectivity index (χ2n) is 3.99. The molecule has 0 aromatic carbocycles. The van der Waals surface area contributed by atoms with E-state index in [2.05, 4.69) is 28.8 Å². The number of hydrogen-bond donors (Lipinski definition) is 1. The van der Waals surface area contributed by atoms with Crippen molar-refractivity contribution in [3.63, 3.8) is 0 Å². The molecule has 1 aromatic heterocycles. The van der Waals surface area contributed by atoms with Crippen LogP contribution in [0, 0.1) is 5.92 Å². The summed E-state index contributed by atoms with van der Waals surface area (Å²) in [6.45, 7) is 2.23. The minimum Gasteiger partial charge on any atom is -0.382 e. The highest BCUT2D eigenvalue weighted by Crippen LogP contribution is 2.35. The third-order valence-electron chi connectivity index (χ3n) is 2.93. The van der Waals surface area contributed by atoms with E-state index in [0.29, 0.717) is 11.9 Å². The van der Waals surface area contributed by atoms with Gasteiger partial charge in [0.15, 0.2) is 0 Å². The van der Waals surface area contributed by atoms with Crippen LogP contribution in [0.15, 0.2) is 12.4 Å². The first-order valence-electron chi connectivity index (χ1n) is 4.99. The predicted molar refractivity (Wildman–Crippen MR) is 57.0 cm³/mol. The smallest absolute Gasteiger partial charge is 0.147 e. The van der Waals surface area contributed by atoms with Gasteiger partial charge in [-0.3, -0.25) is 0 Å². The van der Waals surface area contributed by atoms with Crippen molar-refractivity contribution < 1.29 is 0 Å². The van der Waals surface area contributed by atoms with E-state index in [4.69, 9.17) is 5.73 Å². The Balaban J connectivity index is 2.09. The van der Waals surface area contributed by atoms with E-state index >= 15 is 0 Å². The van der Waals surface area contributed by atoms with Crippen molar-refractivity contribution in [1.82, 2.24) is 9.97 Å². The molecule has 0 saturated heterocycles. The van der Waals surface area contributed by atoms with Gasteiger partial charge in [0.1, 0.15) is 11.6 Å². The fourth-order valence-electron chi connectivity index (χ4n) is 1.62. The van der Waals surface area contributed by atoms with Gasteiger partial charge in [-0.05, 0) is 25.7 Å². The van der Waals surface area contributed by atoms with Gasteiger partial charge in [0.25, 0.3) is 0 Å². The third-order valence-corrected chi connectivity index (χ3v) is 2.93. The number of rotatable bonds is 3. The second kappa shape index (κ2) is 3.44. The van der Waals surface area contributed by atoms with Gasteiger partial charge in [-0.1, -0.05) is 0 Å². The summed E-state index contributed by atoms with van der Waals surface area (Å²) in [6.07, 6.45) is 6.02. The van der Waals surface area contributed by atoms with Crippen molar-refractivity contribution in [2.45, 2.75) is 25.8 Å². The summed E-state index contributed by atoms with van der Waals surface area (Å²) in [6, 6.07) is 0.549. The van der Waals surface area contributed by atoms with Gasteiger partial charge in [-0.15, -0.1) is 0 Å². The quantitative estimate of drug-likeness (QED) is 0.784. The highest BCUT2D eigenvalue weighted by atomic mass is 15.2. The van der Waals surface area contributed by atoms with Crippen LogP contribution >= 0.6 is 0 Å². The summed E-state index contributed by atoms with van der Waals surface area (Å²) in [5.41, 5.74) is 5.48. The van der Waals surface area contributed by atoms with E-state index in [-0.39, 0.29) is 0 Å². The van der Waals surface area contributed by atoms with E-state index in [1.807, 2.05) is 0 Å². The van der Waals surface area contributed by atoms with Crippen LogP contribution in [-0.2, 0) is 0 Å². The van der Waals surface area contributed by atoms with E-state index in [0.717, 1.165) is 11.7 Å². The molecule has 0 aliphatic heterocycles. The molecule has 2 N–H and O–H groups in total. The van der Waals surface area contributed by atoms with Gasteiger partial charge in [-0.2, -0.15) is 0 Å². The molecule has 76 valence electrons. The van der Waals surface area contributed by atoms with Crippen LogP contribution in [0.2, 0.25) is 0 Å². The summed E-state index contributed by atoms with van der Waals surface area (Å²) in [5, 5.41) is 0. The number of aromatic nitrogens is 2. The van der Waals surface area contributed by atoms with Crippen molar-refractivity contribution in [2.24, 2.45) is 5.92 Å². The van der Waals surface area contributed by atoms with Gasteiger partial charge in [0.05, 0.1) is 12.4 Å². The van der Waals surface area contributed by atoms with Crippen molar-refractivity contribution >= 4 is 11.6 Å². The summed E-state index contributed by atoms with van der Waals surface area (Å²) >= 11 is 0. The van der Waals surface area contributed by atoms with E-state index in [9.17, 15) is 0 Å². The lowest BCUT2D eigenvalue weighted by atomic mass is 10.2. The van der Waals surface area contributed by atoms with Gasteiger partial charge in [-0.25, -0.2) is 9.97 Å². The molecule has 1 aliphatic rings. The number of anilines is 2. The summed E-state index contributed by atoms with van der Waals surface area (Å²) in [5.74, 6) is 2.21. The Morgan fingerprint density at radius 3 is 2.64 bits per heavy atom. The third kappa shape index (κ3) is 1.78. The lowest BCUT2D eigenvalue weighted by Crippen LogP contribution is -2.31. The topological polar surface area (TPSA) is 55.0 Å². The minimum absolute atomic E-state index is 0.473. The Morgan fingerprint density at radius 1 is 1.43 bits per heavy atom. The lowest BCUT2D eigenvalue weighted by Gasteiger charge is -2.25. The van der Waals surface area contributed by atoms with Crippen LogP contribution in [0.3, 0.4) is 0 Å². The van der Waals surface area contributed by atoms with E-state index < -0.39 is 0 Å². The zero-order valence-electron chi connectivity index (χ0n) is 8.64. The molecule has 14 heavy (non-hydrogen) atoms. The van der Waals surface area contributed by atoms with Gasteiger partial charge in [0, 0.05) is 13.1 Å². The summed E-state index contributed by atoms with van der Waals surface area (Å²) in [7, 11) is 2.06. The van der Waals surface area contributed by atoms with Crippen LogP contribution in [0.1, 0.15) is 19.8 Å². The zero-order valence-corrected chi connectivity index (χ0v) is 8.64. The molecule has 1 aromatic rings. The molecule has 0 amide bonds. The van der Waals surface area contributed by atoms with E-state index in [1.54, 1.807) is 12.4 Å². The summed E-state index contributed by atoms with van der Waals surface area (Å²) < 4.78 is 0. The molecule has 0 spiro atoms. The largest absolute Gasteiger partial charge is 0.382 e. The number of nitrogen functional groups attached to an aromatic ring is 1. The number of nitrogens with two attached hydrogens (primary N) is 1. The number of hydrogen-bond acceptors (Lipinski definition) is 4. The lowest BCUT2D eigenvalue weighted by molar-refractivity contribution is 0.603. The van der Waals surface area contributed by atoms with Crippen LogP contribution < -0.4 is 10.6 Å². The fourth-order valence-corrected chi connectivity index (χ4v) is 1.62. The normalized spacial score (nSPS) is 17.9. The zero-order chi connectivity index (χ0) is 10.1. The summed E-state index contributed by atoms with van der Waals surface area (Å²) in [4.78, 5) is 10.5. The predicted octanol–water partition coefficient (Wildman–Crippen LogP) is 1.29. The van der Waals surface area contributed by atoms with Gasteiger partial charge < -0.3 is 10.6 Å². The SMILES string of the molecule is CC(C1CC1)N(C)c1cnc(N)cn1. The molecule has 1 fully saturated rings. The Morgan fingerprint density at radius 2 is 2.14 bits per heavy atom. The fraction of sp³-hybridized carbons (Fsp3) is 0.600. The maximum absolute atomic E-state index is 5.48. The molecular formula is C10H16N4. The van der Waals surface area contributed by atoms with Crippen molar-refractivity contribution in [3.8, 4) is 0 Å². The Hall–Kier alpha value is -1.32. The average Bonchev–Trinajstić information content (AvgIpc) is 3.00. The Kier molecular flexibility index (Phi) is 2.27. The average molecular weight is 192 g/mol. The van der Waals surface area contributed by atoms with Crippen LogP contribution in [0.5, 0.6) is 0 Å². The first kappa shape index (κ1) is 9.24. The van der Waals surface area contributed by atoms with Gasteiger partial charge >= 0.3 is 0 Å². The molecule has 0 bridgehead atoms. The molecule has 4 nitrogen and oxygen atoms in total. The van der Waals surface area contributed by atoms with Crippen molar-refractivity contribution in [1.29, 1.82) is 0 Å². The molecular weight excluding hydrogens is 176 g/mol. The molecule has 1 heterocycles. The Labute approximate surface area is 84.2 Å². The highest BCUT2D eigenvalue weighted by molar-refractivity contribution is 5.39. The number of nitrogens with zero attached hydrogens (tertiary/aromatic N) is 3. The van der Waals surface area contributed by atoms with Crippen LogP contribution in [0.25, 0.3) is 0 Å². The standard InChI is InChI=1S/C10H16N4/c1-7(8-3-4-8)14(2)10-6-12-9(11)5-13-10/h5-8H,3-4H2,1-2H3,(H2,11,12).